The largest absolute Gasteiger partial charge is 0.494 e. The lowest BCUT2D eigenvalue weighted by Gasteiger charge is -2.09. The highest BCUT2D eigenvalue weighted by atomic mass is 16.5. The Kier molecular flexibility index (Phi) is 6.90. The van der Waals surface area contributed by atoms with Gasteiger partial charge in [0.05, 0.1) is 6.61 Å². The normalized spacial score (nSPS) is 10.0. The molecular formula is C20H23NO3. The van der Waals surface area contributed by atoms with Crippen molar-refractivity contribution >= 4 is 11.6 Å². The molecule has 0 aliphatic carbocycles. The van der Waals surface area contributed by atoms with Crippen LogP contribution in [-0.2, 0) is 0 Å². The van der Waals surface area contributed by atoms with E-state index in [1.165, 1.54) is 0 Å². The van der Waals surface area contributed by atoms with E-state index in [2.05, 4.69) is 18.8 Å². The minimum Gasteiger partial charge on any atom is -0.494 e. The Morgan fingerprint density at radius 2 is 1.92 bits per heavy atom. The van der Waals surface area contributed by atoms with Crippen molar-refractivity contribution in [1.29, 1.82) is 0 Å². The second kappa shape index (κ2) is 9.40. The van der Waals surface area contributed by atoms with Gasteiger partial charge in [0.25, 0.3) is 5.91 Å². The van der Waals surface area contributed by atoms with Gasteiger partial charge in [0, 0.05) is 17.3 Å². The molecule has 0 aliphatic heterocycles. The van der Waals surface area contributed by atoms with Gasteiger partial charge in [-0.3, -0.25) is 4.79 Å². The van der Waals surface area contributed by atoms with Gasteiger partial charge in [0.15, 0.2) is 0 Å². The van der Waals surface area contributed by atoms with E-state index in [9.17, 15) is 4.79 Å². The second-order valence-corrected chi connectivity index (χ2v) is 5.31. The predicted octanol–water partition coefficient (Wildman–Crippen LogP) is 4.68. The molecule has 0 saturated heterocycles. The molecular weight excluding hydrogens is 302 g/mol. The van der Waals surface area contributed by atoms with Gasteiger partial charge in [0.2, 0.25) is 0 Å². The molecule has 4 heteroatoms. The minimum atomic E-state index is -0.170. The number of unbranched alkanes of at least 4 members (excludes halogenated alkanes) is 1. The molecule has 1 amide bonds. The molecule has 0 spiro atoms. The van der Waals surface area contributed by atoms with Gasteiger partial charge in [0.1, 0.15) is 18.1 Å². The molecule has 4 nitrogen and oxygen atoms in total. The first-order chi connectivity index (χ1) is 11.7. The topological polar surface area (TPSA) is 47.6 Å². The van der Waals surface area contributed by atoms with Crippen molar-refractivity contribution in [3.8, 4) is 11.5 Å². The Morgan fingerprint density at radius 3 is 2.62 bits per heavy atom. The predicted molar refractivity (Wildman–Crippen MR) is 96.9 cm³/mol. The fourth-order valence-corrected chi connectivity index (χ4v) is 2.06. The van der Waals surface area contributed by atoms with Crippen LogP contribution in [0, 0.1) is 0 Å². The van der Waals surface area contributed by atoms with E-state index >= 15 is 0 Å². The quantitative estimate of drug-likeness (QED) is 0.538. The van der Waals surface area contributed by atoms with Crippen LogP contribution in [0.15, 0.2) is 61.2 Å². The molecule has 2 aromatic carbocycles. The SMILES string of the molecule is C=CCOc1ccc(C(=O)Nc2cccc(OCCCC)c2)cc1. The summed E-state index contributed by atoms with van der Waals surface area (Å²) < 4.78 is 11.1. The van der Waals surface area contributed by atoms with Gasteiger partial charge in [-0.25, -0.2) is 0 Å². The summed E-state index contributed by atoms with van der Waals surface area (Å²) >= 11 is 0. The number of nitrogens with one attached hydrogen (secondary N) is 1. The molecule has 0 radical (unpaired) electrons. The molecule has 0 atom stereocenters. The Bertz CT molecular complexity index is 665. The Morgan fingerprint density at radius 1 is 1.12 bits per heavy atom. The summed E-state index contributed by atoms with van der Waals surface area (Å²) in [5.74, 6) is 1.29. The van der Waals surface area contributed by atoms with Gasteiger partial charge in [-0.1, -0.05) is 32.1 Å². The van der Waals surface area contributed by atoms with Crippen LogP contribution in [0.5, 0.6) is 11.5 Å². The van der Waals surface area contributed by atoms with Gasteiger partial charge >= 0.3 is 0 Å². The molecule has 0 aliphatic rings. The van der Waals surface area contributed by atoms with Crippen molar-refractivity contribution < 1.29 is 14.3 Å². The van der Waals surface area contributed by atoms with Crippen LogP contribution in [0.3, 0.4) is 0 Å². The highest BCUT2D eigenvalue weighted by molar-refractivity contribution is 6.04. The van der Waals surface area contributed by atoms with E-state index in [0.717, 1.165) is 18.6 Å². The summed E-state index contributed by atoms with van der Waals surface area (Å²) in [7, 11) is 0. The third-order valence-corrected chi connectivity index (χ3v) is 3.34. The molecule has 0 fully saturated rings. The van der Waals surface area contributed by atoms with Crippen LogP contribution >= 0.6 is 0 Å². The van der Waals surface area contributed by atoms with Crippen molar-refractivity contribution in [1.82, 2.24) is 0 Å². The molecule has 0 heterocycles. The molecule has 2 aromatic rings. The zero-order valence-electron chi connectivity index (χ0n) is 14.0. The average molecular weight is 325 g/mol. The third-order valence-electron chi connectivity index (χ3n) is 3.34. The number of ether oxygens (including phenoxy) is 2. The van der Waals surface area contributed by atoms with Gasteiger partial charge in [-0.05, 0) is 42.8 Å². The maximum absolute atomic E-state index is 12.3. The standard InChI is InChI=1S/C20H23NO3/c1-3-5-14-24-19-8-6-7-17(15-19)21-20(22)16-9-11-18(12-10-16)23-13-4-2/h4,6-12,15H,2-3,5,13-14H2,1H3,(H,21,22). The molecule has 0 bridgehead atoms. The Hall–Kier alpha value is -2.75. The van der Waals surface area contributed by atoms with E-state index < -0.39 is 0 Å². The minimum absolute atomic E-state index is 0.170. The Labute approximate surface area is 143 Å². The summed E-state index contributed by atoms with van der Waals surface area (Å²) in [6.07, 6.45) is 3.77. The number of benzene rings is 2. The van der Waals surface area contributed by atoms with E-state index in [4.69, 9.17) is 9.47 Å². The third kappa shape index (κ3) is 5.47. The lowest BCUT2D eigenvalue weighted by Crippen LogP contribution is -2.11. The van der Waals surface area contributed by atoms with E-state index in [1.807, 2.05) is 24.3 Å². The van der Waals surface area contributed by atoms with Crippen molar-refractivity contribution in [3.05, 3.63) is 66.7 Å². The fraction of sp³-hybridized carbons (Fsp3) is 0.250. The zero-order valence-corrected chi connectivity index (χ0v) is 14.0. The Balaban J connectivity index is 1.96. The number of anilines is 1. The first-order valence-electron chi connectivity index (χ1n) is 8.11. The highest BCUT2D eigenvalue weighted by Crippen LogP contribution is 2.19. The summed E-state index contributed by atoms with van der Waals surface area (Å²) in [5, 5.41) is 2.88. The van der Waals surface area contributed by atoms with E-state index in [1.54, 1.807) is 30.3 Å². The molecule has 0 saturated carbocycles. The van der Waals surface area contributed by atoms with E-state index in [0.29, 0.717) is 30.2 Å². The molecule has 24 heavy (non-hydrogen) atoms. The van der Waals surface area contributed by atoms with Gasteiger partial charge in [-0.15, -0.1) is 0 Å². The summed E-state index contributed by atoms with van der Waals surface area (Å²) in [4.78, 5) is 12.3. The van der Waals surface area contributed by atoms with Crippen LogP contribution < -0.4 is 14.8 Å². The molecule has 126 valence electrons. The monoisotopic (exact) mass is 325 g/mol. The van der Waals surface area contributed by atoms with Crippen LogP contribution in [0.25, 0.3) is 0 Å². The summed E-state index contributed by atoms with van der Waals surface area (Å²) in [6.45, 7) is 6.84. The van der Waals surface area contributed by atoms with Crippen LogP contribution in [0.4, 0.5) is 5.69 Å². The molecule has 1 N–H and O–H groups in total. The fourth-order valence-electron chi connectivity index (χ4n) is 2.06. The van der Waals surface area contributed by atoms with Crippen LogP contribution in [-0.4, -0.2) is 19.1 Å². The number of carbonyl (C=O) groups excluding carboxylic acids is 1. The van der Waals surface area contributed by atoms with Gasteiger partial charge in [-0.2, -0.15) is 0 Å². The zero-order chi connectivity index (χ0) is 17.2. The highest BCUT2D eigenvalue weighted by Gasteiger charge is 2.07. The van der Waals surface area contributed by atoms with Crippen molar-refractivity contribution in [2.45, 2.75) is 19.8 Å². The van der Waals surface area contributed by atoms with Gasteiger partial charge < -0.3 is 14.8 Å². The van der Waals surface area contributed by atoms with Crippen molar-refractivity contribution in [2.24, 2.45) is 0 Å². The summed E-state index contributed by atoms with van der Waals surface area (Å²) in [5.41, 5.74) is 1.28. The summed E-state index contributed by atoms with van der Waals surface area (Å²) in [6, 6.07) is 14.4. The smallest absolute Gasteiger partial charge is 0.255 e. The maximum atomic E-state index is 12.3. The maximum Gasteiger partial charge on any atom is 0.255 e. The van der Waals surface area contributed by atoms with Crippen molar-refractivity contribution in [3.63, 3.8) is 0 Å². The van der Waals surface area contributed by atoms with Crippen LogP contribution in [0.1, 0.15) is 30.1 Å². The first-order valence-corrected chi connectivity index (χ1v) is 8.11. The van der Waals surface area contributed by atoms with E-state index in [-0.39, 0.29) is 5.91 Å². The average Bonchev–Trinajstić information content (AvgIpc) is 2.61. The number of amides is 1. The number of hydrogen-bond acceptors (Lipinski definition) is 3. The van der Waals surface area contributed by atoms with Crippen LogP contribution in [0.2, 0.25) is 0 Å². The number of carbonyl (C=O) groups is 1. The molecule has 2 rings (SSSR count). The molecule has 0 aromatic heterocycles. The first kappa shape index (κ1) is 17.6. The number of hydrogen-bond donors (Lipinski definition) is 1. The van der Waals surface area contributed by atoms with Crippen molar-refractivity contribution in [2.75, 3.05) is 18.5 Å². The lowest BCUT2D eigenvalue weighted by atomic mass is 10.2. The molecule has 0 unspecified atom stereocenters. The lowest BCUT2D eigenvalue weighted by molar-refractivity contribution is 0.102. The number of rotatable bonds is 9. The second-order valence-electron chi connectivity index (χ2n) is 5.31.